The van der Waals surface area contributed by atoms with E-state index in [1.165, 1.54) is 6.07 Å². The maximum Gasteiger partial charge on any atom is 0.337 e. The molecule has 1 fully saturated rings. The van der Waals surface area contributed by atoms with Crippen molar-refractivity contribution in [2.24, 2.45) is 0 Å². The van der Waals surface area contributed by atoms with Crippen LogP contribution in [-0.2, 0) is 0 Å². The quantitative estimate of drug-likeness (QED) is 0.883. The summed E-state index contributed by atoms with van der Waals surface area (Å²) in [6.07, 6.45) is 2.91. The van der Waals surface area contributed by atoms with Gasteiger partial charge in [-0.1, -0.05) is 13.0 Å². The number of carbonyl (C=O) groups excluding carboxylic acids is 1. The largest absolute Gasteiger partial charge is 0.478 e. The molecular formula is C14H17BrN2O3. The van der Waals surface area contributed by atoms with Gasteiger partial charge < -0.3 is 15.3 Å². The molecule has 1 unspecified atom stereocenters. The molecule has 1 aromatic carbocycles. The molecule has 2 N–H and O–H groups in total. The van der Waals surface area contributed by atoms with Crippen molar-refractivity contribution >= 4 is 33.6 Å². The number of amides is 2. The van der Waals surface area contributed by atoms with E-state index in [1.54, 1.807) is 17.0 Å². The average Bonchev–Trinajstić information content (AvgIpc) is 2.89. The molecule has 2 rings (SSSR count). The molecule has 0 bridgehead atoms. The van der Waals surface area contributed by atoms with E-state index in [-0.39, 0.29) is 17.6 Å². The van der Waals surface area contributed by atoms with Crippen molar-refractivity contribution in [3.05, 3.63) is 28.2 Å². The van der Waals surface area contributed by atoms with Gasteiger partial charge >= 0.3 is 12.0 Å². The first-order valence-corrected chi connectivity index (χ1v) is 7.43. The number of para-hydroxylation sites is 1. The standard InChI is InChI=1S/C14H17BrN2O3/c1-2-9-5-4-8-17(9)14(20)16-12-10(13(18)19)6-3-7-11(12)15/h3,6-7,9H,2,4-5,8H2,1H3,(H,16,20)(H,18,19). The van der Waals surface area contributed by atoms with Gasteiger partial charge in [-0.15, -0.1) is 0 Å². The highest BCUT2D eigenvalue weighted by molar-refractivity contribution is 9.10. The maximum atomic E-state index is 12.3. The molecule has 1 aromatic rings. The number of carboxylic acids is 1. The van der Waals surface area contributed by atoms with Gasteiger partial charge in [0.25, 0.3) is 0 Å². The molecule has 108 valence electrons. The Morgan fingerprint density at radius 1 is 1.50 bits per heavy atom. The van der Waals surface area contributed by atoms with Gasteiger partial charge in [0.05, 0.1) is 11.3 Å². The van der Waals surface area contributed by atoms with E-state index in [4.69, 9.17) is 0 Å². The summed E-state index contributed by atoms with van der Waals surface area (Å²) in [5.74, 6) is -1.06. The Bertz CT molecular complexity index is 533. The zero-order chi connectivity index (χ0) is 14.7. The number of anilines is 1. The lowest BCUT2D eigenvalue weighted by atomic mass is 10.1. The molecule has 0 radical (unpaired) electrons. The number of carboxylic acid groups (broad SMARTS) is 1. The van der Waals surface area contributed by atoms with Crippen LogP contribution in [0.25, 0.3) is 0 Å². The van der Waals surface area contributed by atoms with Crippen LogP contribution in [-0.4, -0.2) is 34.6 Å². The summed E-state index contributed by atoms with van der Waals surface area (Å²) in [6, 6.07) is 4.83. The molecule has 1 saturated heterocycles. The first-order valence-electron chi connectivity index (χ1n) is 6.64. The third-order valence-electron chi connectivity index (χ3n) is 3.59. The van der Waals surface area contributed by atoms with Crippen LogP contribution in [0, 0.1) is 0 Å². The summed E-state index contributed by atoms with van der Waals surface area (Å²) in [5, 5.41) is 11.9. The molecule has 0 spiro atoms. The molecular weight excluding hydrogens is 324 g/mol. The number of aromatic carboxylic acids is 1. The summed E-state index contributed by atoms with van der Waals surface area (Å²) >= 11 is 3.29. The zero-order valence-corrected chi connectivity index (χ0v) is 12.8. The second kappa shape index (κ2) is 6.26. The lowest BCUT2D eigenvalue weighted by Crippen LogP contribution is -2.38. The highest BCUT2D eigenvalue weighted by Gasteiger charge is 2.28. The Morgan fingerprint density at radius 2 is 2.25 bits per heavy atom. The van der Waals surface area contributed by atoms with Crippen LogP contribution in [0.2, 0.25) is 0 Å². The Labute approximate surface area is 126 Å². The summed E-state index contributed by atoms with van der Waals surface area (Å²) < 4.78 is 0.568. The van der Waals surface area contributed by atoms with Crippen LogP contribution in [0.1, 0.15) is 36.5 Å². The van der Waals surface area contributed by atoms with Gasteiger partial charge in [0.1, 0.15) is 0 Å². The number of rotatable bonds is 3. The van der Waals surface area contributed by atoms with Crippen LogP contribution >= 0.6 is 15.9 Å². The maximum absolute atomic E-state index is 12.3. The lowest BCUT2D eigenvalue weighted by molar-refractivity contribution is 0.0698. The van der Waals surface area contributed by atoms with Gasteiger partial charge in [0.15, 0.2) is 0 Å². The van der Waals surface area contributed by atoms with Gasteiger partial charge in [-0.3, -0.25) is 0 Å². The van der Waals surface area contributed by atoms with E-state index < -0.39 is 5.97 Å². The lowest BCUT2D eigenvalue weighted by Gasteiger charge is -2.24. The van der Waals surface area contributed by atoms with E-state index in [0.717, 1.165) is 25.8 Å². The third kappa shape index (κ3) is 2.95. The minimum absolute atomic E-state index is 0.0833. The molecule has 0 aromatic heterocycles. The Hall–Kier alpha value is -1.56. The molecule has 6 heteroatoms. The summed E-state index contributed by atoms with van der Waals surface area (Å²) in [4.78, 5) is 25.3. The molecule has 0 saturated carbocycles. The van der Waals surface area contributed by atoms with Gasteiger partial charge in [0, 0.05) is 17.1 Å². The number of halogens is 1. The predicted octanol–water partition coefficient (Wildman–Crippen LogP) is 3.55. The average molecular weight is 341 g/mol. The van der Waals surface area contributed by atoms with Crippen molar-refractivity contribution in [2.75, 3.05) is 11.9 Å². The van der Waals surface area contributed by atoms with Gasteiger partial charge in [-0.05, 0) is 47.3 Å². The molecule has 1 aliphatic rings. The molecule has 2 amide bonds. The highest BCUT2D eigenvalue weighted by atomic mass is 79.9. The summed E-state index contributed by atoms with van der Waals surface area (Å²) in [5.41, 5.74) is 0.395. The first kappa shape index (κ1) is 14.8. The monoisotopic (exact) mass is 340 g/mol. The Kier molecular flexibility index (Phi) is 4.65. The molecule has 1 atom stereocenters. The normalized spacial score (nSPS) is 18.1. The Balaban J connectivity index is 2.21. The van der Waals surface area contributed by atoms with Gasteiger partial charge in [0.2, 0.25) is 0 Å². The number of carbonyl (C=O) groups is 2. The first-order chi connectivity index (χ1) is 9.54. The fourth-order valence-electron chi connectivity index (χ4n) is 2.54. The number of nitrogens with zero attached hydrogens (tertiary/aromatic N) is 1. The molecule has 20 heavy (non-hydrogen) atoms. The number of hydrogen-bond donors (Lipinski definition) is 2. The molecule has 1 aliphatic heterocycles. The summed E-state index contributed by atoms with van der Waals surface area (Å²) in [6.45, 7) is 2.77. The van der Waals surface area contributed by atoms with Crippen molar-refractivity contribution in [3.8, 4) is 0 Å². The van der Waals surface area contributed by atoms with Crippen LogP contribution in [0.4, 0.5) is 10.5 Å². The second-order valence-electron chi connectivity index (χ2n) is 4.80. The van der Waals surface area contributed by atoms with Crippen molar-refractivity contribution < 1.29 is 14.7 Å². The van der Waals surface area contributed by atoms with Crippen molar-refractivity contribution in [1.82, 2.24) is 4.90 Å². The fraction of sp³-hybridized carbons (Fsp3) is 0.429. The van der Waals surface area contributed by atoms with E-state index in [1.807, 2.05) is 0 Å². The highest BCUT2D eigenvalue weighted by Crippen LogP contribution is 2.28. The van der Waals surface area contributed by atoms with Gasteiger partial charge in [-0.25, -0.2) is 9.59 Å². The number of urea groups is 1. The minimum Gasteiger partial charge on any atom is -0.478 e. The second-order valence-corrected chi connectivity index (χ2v) is 5.65. The number of hydrogen-bond acceptors (Lipinski definition) is 2. The molecule has 5 nitrogen and oxygen atoms in total. The van der Waals surface area contributed by atoms with Crippen LogP contribution in [0.15, 0.2) is 22.7 Å². The SMILES string of the molecule is CCC1CCCN1C(=O)Nc1c(Br)cccc1C(=O)O. The fourth-order valence-corrected chi connectivity index (χ4v) is 3.00. The van der Waals surface area contributed by atoms with E-state index in [9.17, 15) is 14.7 Å². The molecule has 0 aliphatic carbocycles. The van der Waals surface area contributed by atoms with E-state index >= 15 is 0 Å². The van der Waals surface area contributed by atoms with Gasteiger partial charge in [-0.2, -0.15) is 0 Å². The molecule has 1 heterocycles. The number of likely N-dealkylation sites (tertiary alicyclic amines) is 1. The smallest absolute Gasteiger partial charge is 0.337 e. The predicted molar refractivity (Wildman–Crippen MR) is 80.1 cm³/mol. The van der Waals surface area contributed by atoms with Crippen molar-refractivity contribution in [1.29, 1.82) is 0 Å². The van der Waals surface area contributed by atoms with Crippen LogP contribution < -0.4 is 5.32 Å². The topological polar surface area (TPSA) is 69.6 Å². The Morgan fingerprint density at radius 3 is 2.90 bits per heavy atom. The van der Waals surface area contributed by atoms with E-state index in [0.29, 0.717) is 10.2 Å². The number of nitrogens with one attached hydrogen (secondary N) is 1. The summed E-state index contributed by atoms with van der Waals surface area (Å²) in [7, 11) is 0. The minimum atomic E-state index is -1.06. The van der Waals surface area contributed by atoms with Crippen LogP contribution in [0.5, 0.6) is 0 Å². The van der Waals surface area contributed by atoms with Crippen molar-refractivity contribution in [3.63, 3.8) is 0 Å². The number of benzene rings is 1. The third-order valence-corrected chi connectivity index (χ3v) is 4.25. The zero-order valence-electron chi connectivity index (χ0n) is 11.2. The van der Waals surface area contributed by atoms with E-state index in [2.05, 4.69) is 28.2 Å². The van der Waals surface area contributed by atoms with Crippen LogP contribution in [0.3, 0.4) is 0 Å². The van der Waals surface area contributed by atoms with Crippen molar-refractivity contribution in [2.45, 2.75) is 32.2 Å².